The monoisotopic (exact) mass is 201 g/mol. The lowest BCUT2D eigenvalue weighted by molar-refractivity contribution is -0.0972. The zero-order chi connectivity index (χ0) is 10.8. The number of likely N-dealkylation sites (N-methyl/N-ethyl adjacent to an activating group) is 1. The van der Waals surface area contributed by atoms with E-state index in [1.165, 1.54) is 0 Å². The number of ether oxygens (including phenoxy) is 1. The van der Waals surface area contributed by atoms with Crippen molar-refractivity contribution in [2.75, 3.05) is 27.2 Å². The van der Waals surface area contributed by atoms with Gasteiger partial charge in [-0.3, -0.25) is 0 Å². The largest absolute Gasteiger partial charge is 0.392 e. The van der Waals surface area contributed by atoms with Crippen LogP contribution in [0.3, 0.4) is 0 Å². The normalized spacial score (nSPS) is 29.1. The molecule has 0 radical (unpaired) electrons. The third-order valence-corrected chi connectivity index (χ3v) is 2.83. The first kappa shape index (κ1) is 12.0. The Morgan fingerprint density at radius 1 is 1.50 bits per heavy atom. The van der Waals surface area contributed by atoms with Crippen molar-refractivity contribution in [2.24, 2.45) is 5.92 Å². The fourth-order valence-electron chi connectivity index (χ4n) is 2.13. The zero-order valence-electron chi connectivity index (χ0n) is 9.79. The lowest BCUT2D eigenvalue weighted by atomic mass is 9.84. The Hall–Kier alpha value is -0.120. The highest BCUT2D eigenvalue weighted by Gasteiger charge is 2.32. The van der Waals surface area contributed by atoms with Crippen molar-refractivity contribution in [1.82, 2.24) is 4.90 Å². The second-order valence-corrected chi connectivity index (χ2v) is 5.19. The minimum absolute atomic E-state index is 0.0593. The SMILES string of the molecule is CN(C)CC(O)C1CCOC(C)(C)C1. The molecule has 0 aromatic carbocycles. The fraction of sp³-hybridized carbons (Fsp3) is 1.00. The van der Waals surface area contributed by atoms with Gasteiger partial charge in [0.15, 0.2) is 0 Å². The van der Waals surface area contributed by atoms with E-state index >= 15 is 0 Å². The van der Waals surface area contributed by atoms with Crippen molar-refractivity contribution in [3.05, 3.63) is 0 Å². The lowest BCUT2D eigenvalue weighted by Crippen LogP contribution is -2.41. The maximum Gasteiger partial charge on any atom is 0.0696 e. The maximum atomic E-state index is 9.98. The summed E-state index contributed by atoms with van der Waals surface area (Å²) in [6.07, 6.45) is 1.73. The Morgan fingerprint density at radius 2 is 2.14 bits per heavy atom. The summed E-state index contributed by atoms with van der Waals surface area (Å²) in [5.41, 5.74) is -0.0593. The van der Waals surface area contributed by atoms with E-state index < -0.39 is 0 Å². The van der Waals surface area contributed by atoms with Crippen LogP contribution in [0.15, 0.2) is 0 Å². The molecule has 1 saturated heterocycles. The molecule has 0 amide bonds. The van der Waals surface area contributed by atoms with E-state index in [2.05, 4.69) is 13.8 Å². The van der Waals surface area contributed by atoms with Crippen LogP contribution in [0, 0.1) is 5.92 Å². The molecule has 3 heteroatoms. The van der Waals surface area contributed by atoms with E-state index in [1.54, 1.807) is 0 Å². The van der Waals surface area contributed by atoms with E-state index in [4.69, 9.17) is 4.74 Å². The standard InChI is InChI=1S/C11H23NO2/c1-11(2)7-9(5-6-14-11)10(13)8-12(3)4/h9-10,13H,5-8H2,1-4H3. The van der Waals surface area contributed by atoms with Crippen LogP contribution in [0.2, 0.25) is 0 Å². The van der Waals surface area contributed by atoms with Gasteiger partial charge in [0.2, 0.25) is 0 Å². The summed E-state index contributed by atoms with van der Waals surface area (Å²) in [5, 5.41) is 9.98. The number of aliphatic hydroxyl groups excluding tert-OH is 1. The molecule has 3 nitrogen and oxygen atoms in total. The fourth-order valence-corrected chi connectivity index (χ4v) is 2.13. The first-order valence-corrected chi connectivity index (χ1v) is 5.37. The van der Waals surface area contributed by atoms with Gasteiger partial charge in [-0.05, 0) is 46.7 Å². The molecule has 0 aromatic rings. The maximum absolute atomic E-state index is 9.98. The smallest absolute Gasteiger partial charge is 0.0696 e. The molecule has 0 aliphatic carbocycles. The third kappa shape index (κ3) is 3.56. The number of hydrogen-bond acceptors (Lipinski definition) is 3. The van der Waals surface area contributed by atoms with Crippen molar-refractivity contribution in [1.29, 1.82) is 0 Å². The molecule has 0 aromatic heterocycles. The first-order valence-electron chi connectivity index (χ1n) is 5.37. The van der Waals surface area contributed by atoms with Gasteiger partial charge < -0.3 is 14.7 Å². The Bertz CT molecular complexity index is 180. The third-order valence-electron chi connectivity index (χ3n) is 2.83. The van der Waals surface area contributed by atoms with Gasteiger partial charge >= 0.3 is 0 Å². The van der Waals surface area contributed by atoms with Crippen molar-refractivity contribution >= 4 is 0 Å². The van der Waals surface area contributed by atoms with Gasteiger partial charge in [-0.25, -0.2) is 0 Å². The molecule has 1 rings (SSSR count). The second-order valence-electron chi connectivity index (χ2n) is 5.19. The van der Waals surface area contributed by atoms with Crippen LogP contribution in [0.4, 0.5) is 0 Å². The topological polar surface area (TPSA) is 32.7 Å². The highest BCUT2D eigenvalue weighted by Crippen LogP contribution is 2.30. The van der Waals surface area contributed by atoms with E-state index in [0.717, 1.165) is 26.0 Å². The molecule has 1 heterocycles. The predicted octanol–water partition coefficient (Wildman–Crippen LogP) is 1.11. The van der Waals surface area contributed by atoms with Crippen molar-refractivity contribution < 1.29 is 9.84 Å². The summed E-state index contributed by atoms with van der Waals surface area (Å²) in [4.78, 5) is 2.03. The number of hydrogen-bond donors (Lipinski definition) is 1. The van der Waals surface area contributed by atoms with Crippen LogP contribution in [0.25, 0.3) is 0 Å². The molecule has 1 aliphatic rings. The van der Waals surface area contributed by atoms with Gasteiger partial charge in [-0.2, -0.15) is 0 Å². The van der Waals surface area contributed by atoms with Crippen LogP contribution < -0.4 is 0 Å². The second kappa shape index (κ2) is 4.60. The van der Waals surface area contributed by atoms with Crippen molar-refractivity contribution in [3.8, 4) is 0 Å². The molecule has 0 saturated carbocycles. The minimum atomic E-state index is -0.215. The van der Waals surface area contributed by atoms with Crippen LogP contribution in [0.5, 0.6) is 0 Å². The molecule has 84 valence electrons. The van der Waals surface area contributed by atoms with E-state index in [-0.39, 0.29) is 11.7 Å². The highest BCUT2D eigenvalue weighted by atomic mass is 16.5. The van der Waals surface area contributed by atoms with Crippen LogP contribution in [-0.2, 0) is 4.74 Å². The zero-order valence-corrected chi connectivity index (χ0v) is 9.79. The van der Waals surface area contributed by atoms with Crippen molar-refractivity contribution in [3.63, 3.8) is 0 Å². The minimum Gasteiger partial charge on any atom is -0.392 e. The van der Waals surface area contributed by atoms with E-state index in [9.17, 15) is 5.11 Å². The molecular formula is C11H23NO2. The predicted molar refractivity (Wildman–Crippen MR) is 57.3 cm³/mol. The lowest BCUT2D eigenvalue weighted by Gasteiger charge is -2.38. The molecule has 1 aliphatic heterocycles. The summed E-state index contributed by atoms with van der Waals surface area (Å²) in [5.74, 6) is 0.390. The van der Waals surface area contributed by atoms with Gasteiger partial charge in [0, 0.05) is 13.2 Å². The average Bonchev–Trinajstić information content (AvgIpc) is 2.01. The quantitative estimate of drug-likeness (QED) is 0.742. The summed E-state index contributed by atoms with van der Waals surface area (Å²) in [6, 6.07) is 0. The molecule has 1 fully saturated rings. The van der Waals surface area contributed by atoms with Gasteiger partial charge in [0.1, 0.15) is 0 Å². The van der Waals surface area contributed by atoms with Gasteiger partial charge in [0.05, 0.1) is 11.7 Å². The molecule has 14 heavy (non-hydrogen) atoms. The Balaban J connectivity index is 2.43. The van der Waals surface area contributed by atoms with Crippen molar-refractivity contribution in [2.45, 2.75) is 38.4 Å². The molecule has 2 unspecified atom stereocenters. The Labute approximate surface area is 87.1 Å². The molecular weight excluding hydrogens is 178 g/mol. The molecule has 0 spiro atoms. The van der Waals surface area contributed by atoms with Crippen LogP contribution >= 0.6 is 0 Å². The summed E-state index contributed by atoms with van der Waals surface area (Å²) in [7, 11) is 3.99. The summed E-state index contributed by atoms with van der Waals surface area (Å²) < 4.78 is 5.63. The Kier molecular flexibility index (Phi) is 3.93. The number of aliphatic hydroxyl groups is 1. The number of nitrogens with zero attached hydrogens (tertiary/aromatic N) is 1. The summed E-state index contributed by atoms with van der Waals surface area (Å²) in [6.45, 7) is 5.73. The average molecular weight is 201 g/mol. The molecule has 0 bridgehead atoms. The molecule has 1 N–H and O–H groups in total. The summed E-state index contributed by atoms with van der Waals surface area (Å²) >= 11 is 0. The van der Waals surface area contributed by atoms with Gasteiger partial charge in [-0.1, -0.05) is 0 Å². The van der Waals surface area contributed by atoms with Crippen LogP contribution in [0.1, 0.15) is 26.7 Å². The highest BCUT2D eigenvalue weighted by molar-refractivity contribution is 4.83. The van der Waals surface area contributed by atoms with Crippen LogP contribution in [-0.4, -0.2) is 49.0 Å². The van der Waals surface area contributed by atoms with Gasteiger partial charge in [-0.15, -0.1) is 0 Å². The van der Waals surface area contributed by atoms with E-state index in [1.807, 2.05) is 19.0 Å². The first-order chi connectivity index (χ1) is 6.41. The van der Waals surface area contributed by atoms with Gasteiger partial charge in [0.25, 0.3) is 0 Å². The number of rotatable bonds is 3. The molecule has 2 atom stereocenters. The Morgan fingerprint density at radius 3 is 2.64 bits per heavy atom. The van der Waals surface area contributed by atoms with E-state index in [0.29, 0.717) is 5.92 Å².